The Morgan fingerprint density at radius 2 is 2.12 bits per heavy atom. The van der Waals surface area contributed by atoms with Crippen molar-refractivity contribution in [3.8, 4) is 11.8 Å². The lowest BCUT2D eigenvalue weighted by molar-refractivity contribution is 0.582. The molecular formula is C13H15Br2N. The Hall–Kier alpha value is -0.300. The molecule has 0 aliphatic heterocycles. The second-order valence-electron chi connectivity index (χ2n) is 3.52. The molecule has 1 aromatic carbocycles. The van der Waals surface area contributed by atoms with Gasteiger partial charge >= 0.3 is 0 Å². The molecule has 1 N–H and O–H groups in total. The second kappa shape index (κ2) is 7.11. The topological polar surface area (TPSA) is 12.0 Å². The summed E-state index contributed by atoms with van der Waals surface area (Å²) in [6.45, 7) is 4.95. The monoisotopic (exact) mass is 343 g/mol. The van der Waals surface area contributed by atoms with Crippen molar-refractivity contribution in [1.29, 1.82) is 0 Å². The number of hydrogen-bond acceptors (Lipinski definition) is 1. The van der Waals surface area contributed by atoms with Gasteiger partial charge in [-0.3, -0.25) is 0 Å². The van der Waals surface area contributed by atoms with Crippen LogP contribution in [0.15, 0.2) is 27.1 Å². The van der Waals surface area contributed by atoms with E-state index < -0.39 is 0 Å². The first-order valence-corrected chi connectivity index (χ1v) is 6.81. The molecular weight excluding hydrogens is 330 g/mol. The van der Waals surface area contributed by atoms with E-state index in [-0.39, 0.29) is 0 Å². The first-order chi connectivity index (χ1) is 7.65. The van der Waals surface area contributed by atoms with Crippen LogP contribution in [0.2, 0.25) is 0 Å². The number of benzene rings is 1. The fourth-order valence-electron chi connectivity index (χ4n) is 1.44. The molecule has 0 bridgehead atoms. The molecule has 0 amide bonds. The molecule has 1 atom stereocenters. The van der Waals surface area contributed by atoms with Gasteiger partial charge in [0.05, 0.1) is 0 Å². The van der Waals surface area contributed by atoms with E-state index in [1.807, 2.05) is 6.92 Å². The SMILES string of the molecule is CC#CCCNC(C)c1ccc(Br)cc1Br. The third kappa shape index (κ3) is 4.29. The van der Waals surface area contributed by atoms with Crippen LogP contribution >= 0.6 is 31.9 Å². The largest absolute Gasteiger partial charge is 0.309 e. The summed E-state index contributed by atoms with van der Waals surface area (Å²) < 4.78 is 2.22. The Bertz CT molecular complexity index is 404. The van der Waals surface area contributed by atoms with Crippen LogP contribution in [0.4, 0.5) is 0 Å². The first-order valence-electron chi connectivity index (χ1n) is 5.23. The summed E-state index contributed by atoms with van der Waals surface area (Å²) >= 11 is 7.02. The molecule has 0 heterocycles. The van der Waals surface area contributed by atoms with Gasteiger partial charge < -0.3 is 5.32 Å². The van der Waals surface area contributed by atoms with Crippen molar-refractivity contribution in [2.24, 2.45) is 0 Å². The molecule has 1 aromatic rings. The quantitative estimate of drug-likeness (QED) is 0.635. The predicted octanol–water partition coefficient (Wildman–Crippen LogP) is 4.28. The molecule has 86 valence electrons. The predicted molar refractivity (Wildman–Crippen MR) is 76.3 cm³/mol. The number of hydrogen-bond donors (Lipinski definition) is 1. The van der Waals surface area contributed by atoms with E-state index >= 15 is 0 Å². The van der Waals surface area contributed by atoms with Crippen LogP contribution in [-0.4, -0.2) is 6.54 Å². The van der Waals surface area contributed by atoms with Crippen molar-refractivity contribution in [2.45, 2.75) is 26.3 Å². The van der Waals surface area contributed by atoms with Gasteiger partial charge in [0.25, 0.3) is 0 Å². The van der Waals surface area contributed by atoms with Crippen LogP contribution in [-0.2, 0) is 0 Å². The Morgan fingerprint density at radius 3 is 2.75 bits per heavy atom. The minimum Gasteiger partial charge on any atom is -0.309 e. The van der Waals surface area contributed by atoms with Gasteiger partial charge in [-0.15, -0.1) is 11.8 Å². The highest BCUT2D eigenvalue weighted by Gasteiger charge is 2.08. The van der Waals surface area contributed by atoms with Gasteiger partial charge in [0, 0.05) is 28.0 Å². The summed E-state index contributed by atoms with van der Waals surface area (Å²) in [5.41, 5.74) is 1.27. The Kier molecular flexibility index (Phi) is 6.12. The van der Waals surface area contributed by atoms with Crippen LogP contribution in [0.3, 0.4) is 0 Å². The zero-order valence-electron chi connectivity index (χ0n) is 9.48. The number of nitrogens with one attached hydrogen (secondary N) is 1. The van der Waals surface area contributed by atoms with E-state index in [4.69, 9.17) is 0 Å². The lowest BCUT2D eigenvalue weighted by Crippen LogP contribution is -2.19. The van der Waals surface area contributed by atoms with E-state index in [2.05, 4.69) is 74.1 Å². The highest BCUT2D eigenvalue weighted by Crippen LogP contribution is 2.26. The van der Waals surface area contributed by atoms with Crippen molar-refractivity contribution in [2.75, 3.05) is 6.54 Å². The maximum Gasteiger partial charge on any atom is 0.0303 e. The summed E-state index contributed by atoms with van der Waals surface area (Å²) in [5.74, 6) is 5.94. The number of rotatable bonds is 4. The Balaban J connectivity index is 2.57. The summed E-state index contributed by atoms with van der Waals surface area (Å²) in [4.78, 5) is 0. The highest BCUT2D eigenvalue weighted by molar-refractivity contribution is 9.11. The third-order valence-corrected chi connectivity index (χ3v) is 3.49. The van der Waals surface area contributed by atoms with Crippen molar-refractivity contribution < 1.29 is 0 Å². The molecule has 1 nitrogen and oxygen atoms in total. The highest BCUT2D eigenvalue weighted by atomic mass is 79.9. The van der Waals surface area contributed by atoms with Gasteiger partial charge in [0.15, 0.2) is 0 Å². The molecule has 0 radical (unpaired) electrons. The van der Waals surface area contributed by atoms with Crippen LogP contribution in [0.1, 0.15) is 31.9 Å². The molecule has 0 saturated carbocycles. The summed E-state index contributed by atoms with van der Waals surface area (Å²) in [7, 11) is 0. The molecule has 0 aliphatic carbocycles. The fraction of sp³-hybridized carbons (Fsp3) is 0.385. The zero-order valence-corrected chi connectivity index (χ0v) is 12.7. The van der Waals surface area contributed by atoms with Crippen LogP contribution in [0.5, 0.6) is 0 Å². The van der Waals surface area contributed by atoms with Gasteiger partial charge in [0.1, 0.15) is 0 Å². The molecule has 16 heavy (non-hydrogen) atoms. The maximum absolute atomic E-state index is 3.57. The van der Waals surface area contributed by atoms with E-state index in [0.29, 0.717) is 6.04 Å². The van der Waals surface area contributed by atoms with Crippen molar-refractivity contribution in [3.63, 3.8) is 0 Å². The van der Waals surface area contributed by atoms with Gasteiger partial charge in [-0.2, -0.15) is 0 Å². The van der Waals surface area contributed by atoms with Crippen molar-refractivity contribution in [3.05, 3.63) is 32.7 Å². The standard InChI is InChI=1S/C13H15Br2N/c1-3-4-5-8-16-10(2)12-7-6-11(14)9-13(12)15/h6-7,9-10,16H,5,8H2,1-2H3. The van der Waals surface area contributed by atoms with Gasteiger partial charge in [-0.1, -0.05) is 37.9 Å². The van der Waals surface area contributed by atoms with Gasteiger partial charge in [0.2, 0.25) is 0 Å². The zero-order chi connectivity index (χ0) is 12.0. The molecule has 0 spiro atoms. The summed E-state index contributed by atoms with van der Waals surface area (Å²) in [5, 5.41) is 3.45. The van der Waals surface area contributed by atoms with Gasteiger partial charge in [-0.25, -0.2) is 0 Å². The van der Waals surface area contributed by atoms with Gasteiger partial charge in [-0.05, 0) is 31.5 Å². The lowest BCUT2D eigenvalue weighted by Gasteiger charge is -2.15. The lowest BCUT2D eigenvalue weighted by atomic mass is 10.1. The van der Waals surface area contributed by atoms with E-state index in [9.17, 15) is 0 Å². The minimum atomic E-state index is 0.334. The van der Waals surface area contributed by atoms with E-state index in [0.717, 1.165) is 21.9 Å². The first kappa shape index (κ1) is 13.8. The van der Waals surface area contributed by atoms with Crippen LogP contribution in [0.25, 0.3) is 0 Å². The molecule has 0 saturated heterocycles. The molecule has 1 rings (SSSR count). The Labute approximate surface area is 114 Å². The normalized spacial score (nSPS) is 11.8. The second-order valence-corrected chi connectivity index (χ2v) is 5.29. The van der Waals surface area contributed by atoms with Crippen LogP contribution in [0, 0.1) is 11.8 Å². The molecule has 0 fully saturated rings. The average Bonchev–Trinajstić information content (AvgIpc) is 2.24. The Morgan fingerprint density at radius 1 is 1.38 bits per heavy atom. The smallest absolute Gasteiger partial charge is 0.0303 e. The third-order valence-electron chi connectivity index (χ3n) is 2.31. The van der Waals surface area contributed by atoms with Crippen molar-refractivity contribution in [1.82, 2.24) is 5.32 Å². The molecule has 0 aliphatic rings. The van der Waals surface area contributed by atoms with E-state index in [1.165, 1.54) is 5.56 Å². The minimum absolute atomic E-state index is 0.334. The number of halogens is 2. The molecule has 0 aromatic heterocycles. The van der Waals surface area contributed by atoms with E-state index in [1.54, 1.807) is 0 Å². The van der Waals surface area contributed by atoms with Crippen LogP contribution < -0.4 is 5.32 Å². The average molecular weight is 345 g/mol. The summed E-state index contributed by atoms with van der Waals surface area (Å²) in [6.07, 6.45) is 0.898. The molecule has 3 heteroatoms. The summed E-state index contributed by atoms with van der Waals surface area (Å²) in [6, 6.07) is 6.59. The molecule has 1 unspecified atom stereocenters. The van der Waals surface area contributed by atoms with Crippen molar-refractivity contribution >= 4 is 31.9 Å². The fourth-order valence-corrected chi connectivity index (χ4v) is 2.83. The maximum atomic E-state index is 3.57.